The van der Waals surface area contributed by atoms with Crippen molar-refractivity contribution in [1.82, 2.24) is 10.1 Å². The van der Waals surface area contributed by atoms with E-state index in [1.807, 2.05) is 13.8 Å². The zero-order chi connectivity index (χ0) is 13.9. The van der Waals surface area contributed by atoms with E-state index < -0.39 is 0 Å². The molecular formula is C14H25N3O2. The molecule has 5 heteroatoms. The highest BCUT2D eigenvalue weighted by atomic mass is 16.5. The van der Waals surface area contributed by atoms with Crippen molar-refractivity contribution in [2.75, 3.05) is 6.61 Å². The van der Waals surface area contributed by atoms with Gasteiger partial charge >= 0.3 is 0 Å². The van der Waals surface area contributed by atoms with Crippen LogP contribution in [0.2, 0.25) is 0 Å². The minimum Gasteiger partial charge on any atom is -0.367 e. The molecule has 0 amide bonds. The summed E-state index contributed by atoms with van der Waals surface area (Å²) in [6.45, 7) is 6.88. The summed E-state index contributed by atoms with van der Waals surface area (Å²) in [7, 11) is 0. The molecule has 1 fully saturated rings. The van der Waals surface area contributed by atoms with Crippen molar-refractivity contribution >= 4 is 0 Å². The van der Waals surface area contributed by atoms with Crippen LogP contribution in [0.4, 0.5) is 0 Å². The highest BCUT2D eigenvalue weighted by Crippen LogP contribution is 2.41. The Balaban J connectivity index is 2.20. The zero-order valence-corrected chi connectivity index (χ0v) is 12.2. The van der Waals surface area contributed by atoms with Gasteiger partial charge in [-0.15, -0.1) is 0 Å². The van der Waals surface area contributed by atoms with E-state index in [2.05, 4.69) is 17.1 Å². The molecule has 0 spiro atoms. The Morgan fingerprint density at radius 1 is 1.58 bits per heavy atom. The molecular weight excluding hydrogens is 242 g/mol. The van der Waals surface area contributed by atoms with Crippen LogP contribution in [-0.2, 0) is 16.8 Å². The lowest BCUT2D eigenvalue weighted by molar-refractivity contribution is -0.0891. The van der Waals surface area contributed by atoms with Gasteiger partial charge in [-0.05, 0) is 39.0 Å². The number of nitrogens with two attached hydrogens (primary N) is 1. The predicted octanol–water partition coefficient (Wildman–Crippen LogP) is 2.40. The molecule has 5 nitrogen and oxygen atoms in total. The van der Waals surface area contributed by atoms with Crippen LogP contribution in [0.1, 0.15) is 58.2 Å². The maximum atomic E-state index is 6.03. The lowest BCUT2D eigenvalue weighted by atomic mass is 9.78. The van der Waals surface area contributed by atoms with Crippen molar-refractivity contribution in [3.8, 4) is 0 Å². The summed E-state index contributed by atoms with van der Waals surface area (Å²) in [5, 5.41) is 4.15. The summed E-state index contributed by atoms with van der Waals surface area (Å²) in [6, 6.07) is 0.0293. The molecule has 1 aliphatic carbocycles. The molecule has 1 aliphatic rings. The standard InChI is InChI=1S/C14H25N3O2/c1-4-18-14(7-5-6-10(2)9-14)13-16-12(19-17-13)8-11(3)15/h10-11H,4-9,15H2,1-3H3. The quantitative estimate of drug-likeness (QED) is 0.886. The molecule has 0 saturated heterocycles. The van der Waals surface area contributed by atoms with Crippen molar-refractivity contribution in [1.29, 1.82) is 0 Å². The lowest BCUT2D eigenvalue weighted by Crippen LogP contribution is -2.36. The fourth-order valence-electron chi connectivity index (χ4n) is 2.98. The van der Waals surface area contributed by atoms with Gasteiger partial charge < -0.3 is 15.0 Å². The van der Waals surface area contributed by atoms with Gasteiger partial charge in [0.2, 0.25) is 11.7 Å². The van der Waals surface area contributed by atoms with E-state index in [4.69, 9.17) is 15.0 Å². The number of hydrogen-bond donors (Lipinski definition) is 1. The minimum atomic E-state index is -0.355. The second-order valence-corrected chi connectivity index (χ2v) is 5.82. The van der Waals surface area contributed by atoms with Crippen LogP contribution in [0.3, 0.4) is 0 Å². The van der Waals surface area contributed by atoms with Crippen LogP contribution in [-0.4, -0.2) is 22.8 Å². The first-order valence-corrected chi connectivity index (χ1v) is 7.28. The molecule has 2 rings (SSSR count). The smallest absolute Gasteiger partial charge is 0.228 e. The molecule has 0 radical (unpaired) electrons. The largest absolute Gasteiger partial charge is 0.367 e. The summed E-state index contributed by atoms with van der Waals surface area (Å²) in [5.74, 6) is 1.95. The molecule has 1 aromatic rings. The maximum Gasteiger partial charge on any atom is 0.228 e. The normalized spacial score (nSPS) is 29.4. The third kappa shape index (κ3) is 3.34. The van der Waals surface area contributed by atoms with Gasteiger partial charge in [0.05, 0.1) is 0 Å². The fraction of sp³-hybridized carbons (Fsp3) is 0.857. The SMILES string of the molecule is CCOC1(c2noc(CC(C)N)n2)CCCC(C)C1. The molecule has 3 atom stereocenters. The molecule has 0 aliphatic heterocycles. The Bertz CT molecular complexity index is 401. The Morgan fingerprint density at radius 2 is 2.37 bits per heavy atom. The topological polar surface area (TPSA) is 74.2 Å². The van der Waals surface area contributed by atoms with Crippen LogP contribution < -0.4 is 5.73 Å². The Morgan fingerprint density at radius 3 is 3.00 bits per heavy atom. The van der Waals surface area contributed by atoms with E-state index in [9.17, 15) is 0 Å². The Kier molecular flexibility index (Phi) is 4.58. The van der Waals surface area contributed by atoms with Crippen molar-refractivity contribution in [2.45, 2.75) is 64.5 Å². The van der Waals surface area contributed by atoms with Gasteiger partial charge in [-0.2, -0.15) is 4.98 Å². The molecule has 1 heterocycles. The van der Waals surface area contributed by atoms with Gasteiger partial charge in [0.25, 0.3) is 0 Å². The average molecular weight is 267 g/mol. The molecule has 19 heavy (non-hydrogen) atoms. The number of rotatable bonds is 5. The van der Waals surface area contributed by atoms with Crippen LogP contribution in [0, 0.1) is 5.92 Å². The fourth-order valence-corrected chi connectivity index (χ4v) is 2.98. The van der Waals surface area contributed by atoms with E-state index in [0.717, 1.165) is 19.3 Å². The van der Waals surface area contributed by atoms with Gasteiger partial charge in [0, 0.05) is 19.1 Å². The van der Waals surface area contributed by atoms with Crippen LogP contribution in [0.15, 0.2) is 4.52 Å². The average Bonchev–Trinajstić information content (AvgIpc) is 2.77. The maximum absolute atomic E-state index is 6.03. The highest BCUT2D eigenvalue weighted by molar-refractivity contribution is 5.04. The first-order valence-electron chi connectivity index (χ1n) is 7.28. The summed E-state index contributed by atoms with van der Waals surface area (Å²) in [6.07, 6.45) is 4.96. The number of aromatic nitrogens is 2. The number of hydrogen-bond acceptors (Lipinski definition) is 5. The molecule has 108 valence electrons. The molecule has 1 saturated carbocycles. The first kappa shape index (κ1) is 14.5. The number of ether oxygens (including phenoxy) is 1. The van der Waals surface area contributed by atoms with Gasteiger partial charge in [0.15, 0.2) is 0 Å². The van der Waals surface area contributed by atoms with E-state index >= 15 is 0 Å². The Hall–Kier alpha value is -0.940. The lowest BCUT2D eigenvalue weighted by Gasteiger charge is -2.37. The van der Waals surface area contributed by atoms with Crippen molar-refractivity contribution in [3.63, 3.8) is 0 Å². The Labute approximate surface area is 114 Å². The summed E-state index contributed by atoms with van der Waals surface area (Å²) >= 11 is 0. The summed E-state index contributed by atoms with van der Waals surface area (Å²) < 4.78 is 11.3. The van der Waals surface area contributed by atoms with Gasteiger partial charge in [0.1, 0.15) is 5.60 Å². The van der Waals surface area contributed by atoms with Crippen LogP contribution in [0.25, 0.3) is 0 Å². The van der Waals surface area contributed by atoms with Gasteiger partial charge in [-0.1, -0.05) is 18.5 Å². The molecule has 0 aromatic carbocycles. The van der Waals surface area contributed by atoms with Crippen LogP contribution >= 0.6 is 0 Å². The van der Waals surface area contributed by atoms with E-state index in [1.165, 1.54) is 6.42 Å². The van der Waals surface area contributed by atoms with Crippen molar-refractivity contribution in [2.24, 2.45) is 11.7 Å². The van der Waals surface area contributed by atoms with Gasteiger partial charge in [-0.3, -0.25) is 0 Å². The van der Waals surface area contributed by atoms with Crippen LogP contribution in [0.5, 0.6) is 0 Å². The van der Waals surface area contributed by atoms with E-state index in [-0.39, 0.29) is 11.6 Å². The molecule has 0 bridgehead atoms. The van der Waals surface area contributed by atoms with Crippen molar-refractivity contribution in [3.05, 3.63) is 11.7 Å². The number of nitrogens with zero attached hydrogens (tertiary/aromatic N) is 2. The molecule has 2 N–H and O–H groups in total. The third-order valence-electron chi connectivity index (χ3n) is 3.75. The summed E-state index contributed by atoms with van der Waals surface area (Å²) in [4.78, 5) is 4.52. The second-order valence-electron chi connectivity index (χ2n) is 5.82. The van der Waals surface area contributed by atoms with Crippen molar-refractivity contribution < 1.29 is 9.26 Å². The third-order valence-corrected chi connectivity index (χ3v) is 3.75. The first-order chi connectivity index (χ1) is 9.05. The minimum absolute atomic E-state index is 0.0293. The van der Waals surface area contributed by atoms with Gasteiger partial charge in [-0.25, -0.2) is 0 Å². The zero-order valence-electron chi connectivity index (χ0n) is 12.2. The highest BCUT2D eigenvalue weighted by Gasteiger charge is 2.41. The molecule has 3 unspecified atom stereocenters. The second kappa shape index (κ2) is 6.01. The van der Waals surface area contributed by atoms with E-state index in [1.54, 1.807) is 0 Å². The summed E-state index contributed by atoms with van der Waals surface area (Å²) in [5.41, 5.74) is 5.41. The van der Waals surface area contributed by atoms with E-state index in [0.29, 0.717) is 30.7 Å². The predicted molar refractivity (Wildman–Crippen MR) is 72.6 cm³/mol. The monoisotopic (exact) mass is 267 g/mol. The molecule has 1 aromatic heterocycles.